The molecule has 1 aromatic heterocycles. The highest BCUT2D eigenvalue weighted by Gasteiger charge is 2.28. The molecule has 3 rings (SSSR count). The quantitative estimate of drug-likeness (QED) is 0.750. The molecule has 1 saturated carbocycles. The van der Waals surface area contributed by atoms with Gasteiger partial charge in [0.1, 0.15) is 11.0 Å². The lowest BCUT2D eigenvalue weighted by atomic mass is 9.80. The Morgan fingerprint density at radius 2 is 1.71 bits per heavy atom. The highest BCUT2D eigenvalue weighted by Crippen LogP contribution is 2.36. The topological polar surface area (TPSA) is 30.7 Å². The van der Waals surface area contributed by atoms with E-state index in [0.29, 0.717) is 12.0 Å². The van der Waals surface area contributed by atoms with Gasteiger partial charge in [0.25, 0.3) is 0 Å². The van der Waals surface area contributed by atoms with Crippen molar-refractivity contribution < 1.29 is 0 Å². The summed E-state index contributed by atoms with van der Waals surface area (Å²) in [5.41, 5.74) is 2.02. The van der Waals surface area contributed by atoms with Crippen LogP contribution in [-0.2, 0) is 0 Å². The first kappa shape index (κ1) is 10.8. The molecule has 1 fully saturated rings. The van der Waals surface area contributed by atoms with E-state index in [0.717, 1.165) is 17.0 Å². The third-order valence-corrected chi connectivity index (χ3v) is 4.01. The van der Waals surface area contributed by atoms with Crippen LogP contribution in [0, 0.1) is 11.8 Å². The molecule has 0 amide bonds. The summed E-state index contributed by atoms with van der Waals surface area (Å²) in [4.78, 5) is 1.96. The highest BCUT2D eigenvalue weighted by molar-refractivity contribution is 5.72. The summed E-state index contributed by atoms with van der Waals surface area (Å²) >= 11 is 0. The summed E-state index contributed by atoms with van der Waals surface area (Å²) < 4.78 is 0. The van der Waals surface area contributed by atoms with Gasteiger partial charge in [-0.2, -0.15) is 15.0 Å². The standard InChI is InChI=1S/C14H19N3/c1-10-7-8-11(2)14(9-10)17-15-12-5-3-4-6-13(12)16-17/h3-6,10-11,14H,7-9H2,1-2H3. The van der Waals surface area contributed by atoms with E-state index in [4.69, 9.17) is 0 Å². The fourth-order valence-corrected chi connectivity index (χ4v) is 2.85. The summed E-state index contributed by atoms with van der Waals surface area (Å²) in [7, 11) is 0. The Morgan fingerprint density at radius 1 is 1.06 bits per heavy atom. The van der Waals surface area contributed by atoms with Crippen molar-refractivity contribution in [2.45, 2.75) is 39.2 Å². The molecule has 3 atom stereocenters. The van der Waals surface area contributed by atoms with E-state index in [1.165, 1.54) is 19.3 Å². The normalized spacial score (nSPS) is 29.6. The van der Waals surface area contributed by atoms with Crippen LogP contribution in [0.4, 0.5) is 0 Å². The number of aromatic nitrogens is 3. The van der Waals surface area contributed by atoms with Crippen molar-refractivity contribution in [2.75, 3.05) is 0 Å². The summed E-state index contributed by atoms with van der Waals surface area (Å²) in [6.45, 7) is 4.66. The first-order valence-electron chi connectivity index (χ1n) is 6.55. The average molecular weight is 229 g/mol. The fraction of sp³-hybridized carbons (Fsp3) is 0.571. The summed E-state index contributed by atoms with van der Waals surface area (Å²) in [6, 6.07) is 8.60. The number of benzene rings is 1. The molecular weight excluding hydrogens is 210 g/mol. The van der Waals surface area contributed by atoms with E-state index in [-0.39, 0.29) is 0 Å². The largest absolute Gasteiger partial charge is 0.180 e. The Bertz CT molecular complexity index is 484. The van der Waals surface area contributed by atoms with E-state index >= 15 is 0 Å². The number of nitrogens with zero attached hydrogens (tertiary/aromatic N) is 3. The molecule has 0 saturated heterocycles. The molecule has 0 N–H and O–H groups in total. The lowest BCUT2D eigenvalue weighted by Gasteiger charge is -2.31. The van der Waals surface area contributed by atoms with Gasteiger partial charge in [-0.15, -0.1) is 0 Å². The SMILES string of the molecule is CC1CCC(C)C(n2nc3ccccc3n2)C1. The highest BCUT2D eigenvalue weighted by atomic mass is 15.5. The van der Waals surface area contributed by atoms with Gasteiger partial charge < -0.3 is 0 Å². The predicted molar refractivity (Wildman–Crippen MR) is 68.7 cm³/mol. The van der Waals surface area contributed by atoms with Crippen LogP contribution in [0.25, 0.3) is 11.0 Å². The second kappa shape index (κ2) is 4.13. The number of rotatable bonds is 1. The predicted octanol–water partition coefficient (Wildman–Crippen LogP) is 3.43. The van der Waals surface area contributed by atoms with Crippen molar-refractivity contribution in [3.8, 4) is 0 Å². The Morgan fingerprint density at radius 3 is 2.35 bits per heavy atom. The van der Waals surface area contributed by atoms with Crippen LogP contribution in [0.5, 0.6) is 0 Å². The van der Waals surface area contributed by atoms with Gasteiger partial charge in [-0.05, 0) is 36.8 Å². The maximum atomic E-state index is 4.63. The van der Waals surface area contributed by atoms with Gasteiger partial charge in [-0.25, -0.2) is 0 Å². The molecule has 3 heteroatoms. The zero-order valence-electron chi connectivity index (χ0n) is 10.5. The van der Waals surface area contributed by atoms with Crippen molar-refractivity contribution in [2.24, 2.45) is 11.8 Å². The second-order valence-electron chi connectivity index (χ2n) is 5.47. The number of fused-ring (bicyclic) bond motifs is 1. The molecule has 0 aliphatic heterocycles. The monoisotopic (exact) mass is 229 g/mol. The first-order valence-corrected chi connectivity index (χ1v) is 6.55. The molecule has 0 spiro atoms. The van der Waals surface area contributed by atoms with Crippen LogP contribution in [0.3, 0.4) is 0 Å². The van der Waals surface area contributed by atoms with Crippen molar-refractivity contribution in [1.29, 1.82) is 0 Å². The zero-order valence-corrected chi connectivity index (χ0v) is 10.5. The molecule has 0 bridgehead atoms. The Hall–Kier alpha value is -1.38. The maximum Gasteiger partial charge on any atom is 0.113 e. The van der Waals surface area contributed by atoms with E-state index in [1.807, 2.05) is 29.1 Å². The second-order valence-corrected chi connectivity index (χ2v) is 5.47. The van der Waals surface area contributed by atoms with Gasteiger partial charge in [0, 0.05) is 0 Å². The number of hydrogen-bond donors (Lipinski definition) is 0. The molecule has 1 aliphatic carbocycles. The summed E-state index contributed by atoms with van der Waals surface area (Å²) in [5.74, 6) is 1.48. The van der Waals surface area contributed by atoms with Crippen molar-refractivity contribution in [3.05, 3.63) is 24.3 Å². The van der Waals surface area contributed by atoms with Crippen LogP contribution in [0.15, 0.2) is 24.3 Å². The molecule has 17 heavy (non-hydrogen) atoms. The Balaban J connectivity index is 1.96. The van der Waals surface area contributed by atoms with Gasteiger partial charge in [0.05, 0.1) is 6.04 Å². The maximum absolute atomic E-state index is 4.63. The van der Waals surface area contributed by atoms with Crippen molar-refractivity contribution in [3.63, 3.8) is 0 Å². The molecular formula is C14H19N3. The summed E-state index contributed by atoms with van der Waals surface area (Å²) in [6.07, 6.45) is 3.85. The smallest absolute Gasteiger partial charge is 0.113 e. The van der Waals surface area contributed by atoms with Crippen LogP contribution in [0.2, 0.25) is 0 Å². The van der Waals surface area contributed by atoms with Crippen LogP contribution < -0.4 is 0 Å². The van der Waals surface area contributed by atoms with E-state index in [1.54, 1.807) is 0 Å². The molecule has 3 nitrogen and oxygen atoms in total. The van der Waals surface area contributed by atoms with Crippen molar-refractivity contribution >= 4 is 11.0 Å². The van der Waals surface area contributed by atoms with E-state index in [9.17, 15) is 0 Å². The Labute approximate surface area is 102 Å². The first-order chi connectivity index (χ1) is 8.24. The van der Waals surface area contributed by atoms with Gasteiger partial charge >= 0.3 is 0 Å². The van der Waals surface area contributed by atoms with Gasteiger partial charge in [-0.1, -0.05) is 32.4 Å². The average Bonchev–Trinajstić information content (AvgIpc) is 2.75. The fourth-order valence-electron chi connectivity index (χ4n) is 2.85. The van der Waals surface area contributed by atoms with Crippen LogP contribution in [-0.4, -0.2) is 15.0 Å². The molecule has 2 aromatic rings. The van der Waals surface area contributed by atoms with E-state index in [2.05, 4.69) is 24.0 Å². The lowest BCUT2D eigenvalue weighted by molar-refractivity contribution is 0.179. The third-order valence-electron chi connectivity index (χ3n) is 4.01. The van der Waals surface area contributed by atoms with Crippen LogP contribution in [0.1, 0.15) is 39.2 Å². The molecule has 90 valence electrons. The van der Waals surface area contributed by atoms with E-state index < -0.39 is 0 Å². The molecule has 1 heterocycles. The Kier molecular flexibility index (Phi) is 2.61. The lowest BCUT2D eigenvalue weighted by Crippen LogP contribution is -2.26. The molecule has 0 radical (unpaired) electrons. The minimum absolute atomic E-state index is 0.478. The third kappa shape index (κ3) is 1.94. The summed E-state index contributed by atoms with van der Waals surface area (Å²) in [5, 5.41) is 9.25. The minimum atomic E-state index is 0.478. The molecule has 1 aliphatic rings. The number of hydrogen-bond acceptors (Lipinski definition) is 2. The van der Waals surface area contributed by atoms with Crippen LogP contribution >= 0.6 is 0 Å². The van der Waals surface area contributed by atoms with Gasteiger partial charge in [0.15, 0.2) is 0 Å². The molecule has 3 unspecified atom stereocenters. The zero-order chi connectivity index (χ0) is 11.8. The molecule has 1 aromatic carbocycles. The minimum Gasteiger partial charge on any atom is -0.180 e. The van der Waals surface area contributed by atoms with Crippen molar-refractivity contribution in [1.82, 2.24) is 15.0 Å². The van der Waals surface area contributed by atoms with Gasteiger partial charge in [-0.3, -0.25) is 0 Å². The van der Waals surface area contributed by atoms with Gasteiger partial charge in [0.2, 0.25) is 0 Å².